The third-order valence-corrected chi connectivity index (χ3v) is 3.51. The summed E-state index contributed by atoms with van der Waals surface area (Å²) in [6, 6.07) is 13.5. The van der Waals surface area contributed by atoms with E-state index in [1.54, 1.807) is 42.6 Å². The zero-order valence-electron chi connectivity index (χ0n) is 12.3. The Bertz CT molecular complexity index is 878. The van der Waals surface area contributed by atoms with Crippen LogP contribution < -0.4 is 10.9 Å². The summed E-state index contributed by atoms with van der Waals surface area (Å²) in [6.07, 6.45) is 2.94. The van der Waals surface area contributed by atoms with Gasteiger partial charge in [-0.3, -0.25) is 25.4 Å². The Labute approximate surface area is 142 Å². The average Bonchev–Trinajstić information content (AvgIpc) is 3.10. The van der Waals surface area contributed by atoms with E-state index in [-0.39, 0.29) is 5.76 Å². The first-order chi connectivity index (χ1) is 11.6. The maximum absolute atomic E-state index is 12.0. The minimum Gasteiger partial charge on any atom is -0.451 e. The number of hydrogen-bond acceptors (Lipinski definition) is 4. The molecule has 0 bridgehead atoms. The van der Waals surface area contributed by atoms with Crippen LogP contribution in [-0.4, -0.2) is 16.8 Å². The summed E-state index contributed by atoms with van der Waals surface area (Å²) in [5.41, 5.74) is 5.58. The summed E-state index contributed by atoms with van der Waals surface area (Å²) < 4.78 is 5.49. The molecule has 0 atom stereocenters. The number of halogens is 1. The Hall–Kier alpha value is -3.12. The number of rotatable bonds is 3. The molecule has 120 valence electrons. The summed E-state index contributed by atoms with van der Waals surface area (Å²) in [6.45, 7) is 0. The minimum absolute atomic E-state index is 0.0522. The highest BCUT2D eigenvalue weighted by Crippen LogP contribution is 2.28. The smallest absolute Gasteiger partial charge is 0.305 e. The van der Waals surface area contributed by atoms with Crippen molar-refractivity contribution in [3.63, 3.8) is 0 Å². The molecule has 0 spiro atoms. The largest absolute Gasteiger partial charge is 0.451 e. The van der Waals surface area contributed by atoms with Gasteiger partial charge in [0.05, 0.1) is 10.6 Å². The summed E-state index contributed by atoms with van der Waals surface area (Å²) in [4.78, 5) is 27.7. The fourth-order valence-electron chi connectivity index (χ4n) is 2.01. The van der Waals surface area contributed by atoms with Crippen molar-refractivity contribution in [2.24, 2.45) is 0 Å². The van der Waals surface area contributed by atoms with Gasteiger partial charge in [0.2, 0.25) is 0 Å². The molecular weight excluding hydrogens is 330 g/mol. The lowest BCUT2D eigenvalue weighted by molar-refractivity contribution is 0.0831. The third-order valence-electron chi connectivity index (χ3n) is 3.18. The van der Waals surface area contributed by atoms with E-state index < -0.39 is 11.8 Å². The number of carbonyl (C=O) groups excluding carboxylic acids is 2. The lowest BCUT2D eigenvalue weighted by Crippen LogP contribution is -2.41. The molecule has 0 aliphatic carbocycles. The number of hydrazine groups is 1. The zero-order chi connectivity index (χ0) is 16.9. The second-order valence-electron chi connectivity index (χ2n) is 4.79. The number of nitrogens with one attached hydrogen (secondary N) is 2. The van der Waals surface area contributed by atoms with Crippen LogP contribution in [0.2, 0.25) is 5.02 Å². The van der Waals surface area contributed by atoms with E-state index in [1.165, 1.54) is 12.3 Å². The van der Waals surface area contributed by atoms with Gasteiger partial charge in [0.1, 0.15) is 5.76 Å². The van der Waals surface area contributed by atoms with Crippen molar-refractivity contribution < 1.29 is 14.0 Å². The van der Waals surface area contributed by atoms with Gasteiger partial charge in [-0.1, -0.05) is 23.7 Å². The lowest BCUT2D eigenvalue weighted by atomic mass is 10.2. The topological polar surface area (TPSA) is 84.2 Å². The van der Waals surface area contributed by atoms with Crippen LogP contribution in [0.3, 0.4) is 0 Å². The van der Waals surface area contributed by atoms with Crippen molar-refractivity contribution >= 4 is 23.4 Å². The van der Waals surface area contributed by atoms with E-state index in [9.17, 15) is 9.59 Å². The van der Waals surface area contributed by atoms with Gasteiger partial charge in [-0.15, -0.1) is 0 Å². The third kappa shape index (κ3) is 3.44. The molecule has 1 aromatic carbocycles. The first kappa shape index (κ1) is 15.8. The average molecular weight is 342 g/mol. The monoisotopic (exact) mass is 341 g/mol. The minimum atomic E-state index is -0.578. The number of aromatic nitrogens is 1. The van der Waals surface area contributed by atoms with Gasteiger partial charge < -0.3 is 4.42 Å². The first-order valence-electron chi connectivity index (χ1n) is 7.00. The summed E-state index contributed by atoms with van der Waals surface area (Å²) >= 11 is 6.09. The molecule has 24 heavy (non-hydrogen) atoms. The molecule has 0 fully saturated rings. The van der Waals surface area contributed by atoms with E-state index in [0.717, 1.165) is 0 Å². The van der Waals surface area contributed by atoms with E-state index in [2.05, 4.69) is 15.8 Å². The van der Waals surface area contributed by atoms with Gasteiger partial charge in [0, 0.05) is 18.0 Å². The molecule has 2 amide bonds. The molecule has 7 heteroatoms. The maximum atomic E-state index is 12.0. The molecule has 2 heterocycles. The fourth-order valence-corrected chi connectivity index (χ4v) is 2.24. The molecule has 0 radical (unpaired) electrons. The van der Waals surface area contributed by atoms with Crippen molar-refractivity contribution in [1.29, 1.82) is 0 Å². The highest BCUT2D eigenvalue weighted by Gasteiger charge is 2.14. The molecule has 0 aliphatic rings. The first-order valence-corrected chi connectivity index (χ1v) is 7.38. The van der Waals surface area contributed by atoms with Crippen LogP contribution in [0.5, 0.6) is 0 Å². The number of nitrogens with zero attached hydrogens (tertiary/aromatic N) is 1. The number of hydrogen-bond donors (Lipinski definition) is 2. The second-order valence-corrected chi connectivity index (χ2v) is 5.20. The van der Waals surface area contributed by atoms with Gasteiger partial charge in [0.25, 0.3) is 5.91 Å². The molecule has 2 aromatic heterocycles. The Balaban J connectivity index is 1.66. The van der Waals surface area contributed by atoms with E-state index in [4.69, 9.17) is 16.0 Å². The quantitative estimate of drug-likeness (QED) is 0.717. The Morgan fingerprint density at radius 3 is 2.50 bits per heavy atom. The van der Waals surface area contributed by atoms with Crippen molar-refractivity contribution in [1.82, 2.24) is 15.8 Å². The summed E-state index contributed by atoms with van der Waals surface area (Å²) in [7, 11) is 0. The Morgan fingerprint density at radius 1 is 0.958 bits per heavy atom. The molecule has 3 rings (SSSR count). The number of benzene rings is 1. The van der Waals surface area contributed by atoms with Crippen molar-refractivity contribution in [3.8, 4) is 11.3 Å². The molecule has 2 N–H and O–H groups in total. The number of carbonyl (C=O) groups is 2. The van der Waals surface area contributed by atoms with Gasteiger partial charge in [-0.25, -0.2) is 0 Å². The van der Waals surface area contributed by atoms with E-state index in [0.29, 0.717) is 21.9 Å². The predicted octanol–water partition coefficient (Wildman–Crippen LogP) is 3.07. The van der Waals surface area contributed by atoms with Crippen molar-refractivity contribution in [3.05, 3.63) is 77.3 Å². The van der Waals surface area contributed by atoms with E-state index in [1.807, 2.05) is 6.07 Å². The van der Waals surface area contributed by atoms with Crippen LogP contribution in [0.4, 0.5) is 0 Å². The van der Waals surface area contributed by atoms with Crippen molar-refractivity contribution in [2.45, 2.75) is 0 Å². The van der Waals surface area contributed by atoms with Gasteiger partial charge in [-0.2, -0.15) is 0 Å². The summed E-state index contributed by atoms with van der Waals surface area (Å²) in [5, 5.41) is 0.517. The Kier molecular flexibility index (Phi) is 4.58. The fraction of sp³-hybridized carbons (Fsp3) is 0. The molecule has 3 aromatic rings. The zero-order valence-corrected chi connectivity index (χ0v) is 13.1. The second kappa shape index (κ2) is 6.97. The standard InChI is InChI=1S/C17H12ClN3O3/c18-13-6-2-1-5-12(13)14-7-8-15(24-14)17(23)21-20-16(22)11-4-3-9-19-10-11/h1-10H,(H,20,22)(H,21,23). The predicted molar refractivity (Wildman–Crippen MR) is 88.3 cm³/mol. The van der Waals surface area contributed by atoms with Gasteiger partial charge in [0.15, 0.2) is 5.76 Å². The Morgan fingerprint density at radius 2 is 1.75 bits per heavy atom. The van der Waals surface area contributed by atoms with Crippen LogP contribution in [-0.2, 0) is 0 Å². The number of amides is 2. The molecular formula is C17H12ClN3O3. The van der Waals surface area contributed by atoms with Crippen LogP contribution in [0, 0.1) is 0 Å². The van der Waals surface area contributed by atoms with Crippen molar-refractivity contribution in [2.75, 3.05) is 0 Å². The molecule has 0 aliphatic heterocycles. The SMILES string of the molecule is O=C(NNC(=O)c1ccc(-c2ccccc2Cl)o1)c1cccnc1. The van der Waals surface area contributed by atoms with E-state index >= 15 is 0 Å². The van der Waals surface area contributed by atoms with Gasteiger partial charge in [-0.05, 0) is 36.4 Å². The highest BCUT2D eigenvalue weighted by molar-refractivity contribution is 6.33. The van der Waals surface area contributed by atoms with Crippen LogP contribution in [0.25, 0.3) is 11.3 Å². The number of furan rings is 1. The number of pyridine rings is 1. The van der Waals surface area contributed by atoms with Crippen LogP contribution in [0.15, 0.2) is 65.3 Å². The maximum Gasteiger partial charge on any atom is 0.305 e. The highest BCUT2D eigenvalue weighted by atomic mass is 35.5. The van der Waals surface area contributed by atoms with Crippen LogP contribution in [0.1, 0.15) is 20.9 Å². The molecule has 0 saturated carbocycles. The van der Waals surface area contributed by atoms with Crippen LogP contribution >= 0.6 is 11.6 Å². The molecule has 6 nitrogen and oxygen atoms in total. The summed E-state index contributed by atoms with van der Waals surface area (Å²) in [5.74, 6) is -0.541. The van der Waals surface area contributed by atoms with Gasteiger partial charge >= 0.3 is 5.91 Å². The molecule has 0 saturated heterocycles. The normalized spacial score (nSPS) is 10.2. The lowest BCUT2D eigenvalue weighted by Gasteiger charge is -2.05. The molecule has 0 unspecified atom stereocenters.